The van der Waals surface area contributed by atoms with E-state index in [0.29, 0.717) is 13.0 Å². The van der Waals surface area contributed by atoms with Gasteiger partial charge in [-0.25, -0.2) is 5.43 Å². The Kier molecular flexibility index (Phi) is 5.93. The highest BCUT2D eigenvalue weighted by Gasteiger charge is 2.50. The van der Waals surface area contributed by atoms with E-state index in [2.05, 4.69) is 28.1 Å². The number of hydrazine groups is 1. The molecule has 0 aliphatic carbocycles. The zero-order valence-corrected chi connectivity index (χ0v) is 16.2. The van der Waals surface area contributed by atoms with Crippen molar-refractivity contribution in [1.29, 1.82) is 0 Å². The number of methoxy groups -OCH3 is 1. The van der Waals surface area contributed by atoms with Crippen LogP contribution in [-0.2, 0) is 14.3 Å². The van der Waals surface area contributed by atoms with Gasteiger partial charge in [0.05, 0.1) is 12.1 Å². The van der Waals surface area contributed by atoms with Crippen LogP contribution in [0.5, 0.6) is 0 Å². The number of likely N-dealkylation sites (tertiary alicyclic amines) is 1. The molecule has 3 N–H and O–H groups in total. The lowest BCUT2D eigenvalue weighted by Crippen LogP contribution is -2.55. The summed E-state index contributed by atoms with van der Waals surface area (Å²) >= 11 is 0. The van der Waals surface area contributed by atoms with Crippen molar-refractivity contribution in [3.05, 3.63) is 0 Å². The Bertz CT molecular complexity index is 604. The van der Waals surface area contributed by atoms with Gasteiger partial charge in [0.2, 0.25) is 5.91 Å². The van der Waals surface area contributed by atoms with Crippen LogP contribution in [-0.4, -0.2) is 74.4 Å². The predicted octanol–water partition coefficient (Wildman–Crippen LogP) is 0.306. The molecule has 1 amide bonds. The first-order valence-electron chi connectivity index (χ1n) is 10.0. The summed E-state index contributed by atoms with van der Waals surface area (Å²) in [5.74, 6) is 0.333. The number of carbonyl (C=O) groups is 1. The highest BCUT2D eigenvalue weighted by molar-refractivity contribution is 5.83. The van der Waals surface area contributed by atoms with Gasteiger partial charge in [-0.3, -0.25) is 15.2 Å². The molecule has 0 aromatic carbocycles. The van der Waals surface area contributed by atoms with Gasteiger partial charge in [0.15, 0.2) is 6.23 Å². The number of aliphatic imine (C=N–C) groups is 1. The van der Waals surface area contributed by atoms with Crippen molar-refractivity contribution < 1.29 is 23.0 Å². The zero-order valence-electron chi connectivity index (χ0n) is 16.2. The largest absolute Gasteiger partial charge is 0.357 e. The van der Waals surface area contributed by atoms with Gasteiger partial charge in [-0.2, -0.15) is 8.78 Å². The molecule has 4 rings (SSSR count). The molecule has 8 nitrogen and oxygen atoms in total. The Morgan fingerprint density at radius 2 is 2.14 bits per heavy atom. The first-order valence-corrected chi connectivity index (χ1v) is 10.0. The molecule has 3 fully saturated rings. The van der Waals surface area contributed by atoms with Crippen molar-refractivity contribution in [2.75, 3.05) is 20.2 Å². The molecule has 4 heterocycles. The molecule has 0 aromatic rings. The molecular weight excluding hydrogens is 372 g/mol. The predicted molar refractivity (Wildman–Crippen MR) is 97.5 cm³/mol. The number of fused-ring (bicyclic) bond motifs is 1. The van der Waals surface area contributed by atoms with Crippen molar-refractivity contribution in [3.8, 4) is 0 Å². The summed E-state index contributed by atoms with van der Waals surface area (Å²) in [6, 6.07) is 0.135. The normalized spacial score (nSPS) is 43.8. The van der Waals surface area contributed by atoms with E-state index in [1.807, 2.05) is 4.90 Å². The third kappa shape index (κ3) is 3.80. The summed E-state index contributed by atoms with van der Waals surface area (Å²) in [4.78, 5) is 19.2. The van der Waals surface area contributed by atoms with Gasteiger partial charge >= 0.3 is 6.61 Å². The molecule has 0 spiro atoms. The van der Waals surface area contributed by atoms with Crippen LogP contribution < -0.4 is 16.2 Å². The fourth-order valence-electron chi connectivity index (χ4n) is 5.22. The number of alkyl halides is 2. The summed E-state index contributed by atoms with van der Waals surface area (Å²) in [6.45, 7) is 0.761. The summed E-state index contributed by atoms with van der Waals surface area (Å²) in [6.07, 6.45) is 2.47. The van der Waals surface area contributed by atoms with Crippen LogP contribution in [0.1, 0.15) is 26.2 Å². The van der Waals surface area contributed by atoms with E-state index in [0.717, 1.165) is 19.4 Å². The summed E-state index contributed by atoms with van der Waals surface area (Å²) < 4.78 is 35.5. The number of hydrogen-bond donors (Lipinski definition) is 3. The maximum Gasteiger partial charge on any atom is 0.345 e. The van der Waals surface area contributed by atoms with E-state index in [-0.39, 0.29) is 41.9 Å². The van der Waals surface area contributed by atoms with E-state index < -0.39 is 18.9 Å². The monoisotopic (exact) mass is 401 g/mol. The van der Waals surface area contributed by atoms with Gasteiger partial charge in [-0.15, -0.1) is 0 Å². The third-order valence-electron chi connectivity index (χ3n) is 6.53. The molecule has 0 radical (unpaired) electrons. The Morgan fingerprint density at radius 3 is 2.82 bits per heavy atom. The molecule has 4 aliphatic rings. The molecule has 8 atom stereocenters. The lowest BCUT2D eigenvalue weighted by molar-refractivity contribution is -0.196. The SMILES string of the molecule is COC1N=CC(C2CC(C)C3C(=O)N(C4CCNN4)CC3N2)CC1OC(F)F. The van der Waals surface area contributed by atoms with E-state index >= 15 is 0 Å². The van der Waals surface area contributed by atoms with E-state index in [1.54, 1.807) is 6.21 Å². The maximum atomic E-state index is 12.9. The van der Waals surface area contributed by atoms with Crippen LogP contribution in [0.25, 0.3) is 0 Å². The summed E-state index contributed by atoms with van der Waals surface area (Å²) in [5.41, 5.74) is 6.25. The Balaban J connectivity index is 1.44. The topological polar surface area (TPSA) is 87.2 Å². The number of amides is 1. The van der Waals surface area contributed by atoms with Crippen LogP contribution in [0, 0.1) is 17.8 Å². The van der Waals surface area contributed by atoms with Crippen molar-refractivity contribution in [2.45, 2.75) is 63.4 Å². The van der Waals surface area contributed by atoms with Crippen LogP contribution in [0.4, 0.5) is 8.78 Å². The van der Waals surface area contributed by atoms with Gasteiger partial charge in [-0.05, 0) is 25.2 Å². The fraction of sp³-hybridized carbons (Fsp3) is 0.889. The van der Waals surface area contributed by atoms with Crippen molar-refractivity contribution >= 4 is 12.1 Å². The molecule has 28 heavy (non-hydrogen) atoms. The molecule has 0 bridgehead atoms. The summed E-state index contributed by atoms with van der Waals surface area (Å²) in [5, 5.41) is 3.62. The lowest BCUT2D eigenvalue weighted by Gasteiger charge is -2.41. The smallest absolute Gasteiger partial charge is 0.345 e. The molecule has 4 aliphatic heterocycles. The minimum absolute atomic E-state index is 0.0334. The number of rotatable bonds is 5. The van der Waals surface area contributed by atoms with Crippen LogP contribution in [0.15, 0.2) is 4.99 Å². The number of nitrogens with one attached hydrogen (secondary N) is 3. The van der Waals surface area contributed by atoms with Crippen LogP contribution in [0.2, 0.25) is 0 Å². The second kappa shape index (κ2) is 8.27. The van der Waals surface area contributed by atoms with Gasteiger partial charge in [-0.1, -0.05) is 6.92 Å². The van der Waals surface area contributed by atoms with Gasteiger partial charge in [0.25, 0.3) is 0 Å². The quantitative estimate of drug-likeness (QED) is 0.615. The number of ether oxygens (including phenoxy) is 2. The average molecular weight is 401 g/mol. The van der Waals surface area contributed by atoms with Crippen molar-refractivity contribution in [1.82, 2.24) is 21.1 Å². The maximum absolute atomic E-state index is 12.9. The van der Waals surface area contributed by atoms with Gasteiger partial charge in [0.1, 0.15) is 6.10 Å². The molecule has 10 heteroatoms. The van der Waals surface area contributed by atoms with Crippen LogP contribution in [0.3, 0.4) is 0 Å². The van der Waals surface area contributed by atoms with Crippen molar-refractivity contribution in [3.63, 3.8) is 0 Å². The first kappa shape index (κ1) is 20.1. The lowest BCUT2D eigenvalue weighted by atomic mass is 9.75. The van der Waals surface area contributed by atoms with Crippen LogP contribution >= 0.6 is 0 Å². The van der Waals surface area contributed by atoms with E-state index in [4.69, 9.17) is 9.47 Å². The standard InChI is InChI=1S/C18H29F2N5O3/c1-9-5-11(10-6-13(28-18(19)20)16(27-2)21-7-10)23-12-8-25(17(26)15(9)12)14-3-4-22-24-14/h7,9-16,18,22-24H,3-6,8H2,1-2H3. The Morgan fingerprint density at radius 1 is 1.32 bits per heavy atom. The molecular formula is C18H29F2N5O3. The first-order chi connectivity index (χ1) is 13.5. The average Bonchev–Trinajstić information content (AvgIpc) is 3.29. The second-order valence-corrected chi connectivity index (χ2v) is 8.24. The third-order valence-corrected chi connectivity index (χ3v) is 6.53. The molecule has 0 saturated carbocycles. The minimum atomic E-state index is -2.85. The molecule has 0 aromatic heterocycles. The highest BCUT2D eigenvalue weighted by atomic mass is 19.3. The molecule has 3 saturated heterocycles. The second-order valence-electron chi connectivity index (χ2n) is 8.24. The highest BCUT2D eigenvalue weighted by Crippen LogP contribution is 2.37. The Hall–Kier alpha value is -1.20. The fourth-order valence-corrected chi connectivity index (χ4v) is 5.22. The number of nitrogens with zero attached hydrogens (tertiary/aromatic N) is 2. The van der Waals surface area contributed by atoms with Gasteiger partial charge < -0.3 is 19.7 Å². The molecule has 8 unspecified atom stereocenters. The Labute approximate surface area is 163 Å². The zero-order chi connectivity index (χ0) is 19.8. The van der Waals surface area contributed by atoms with Gasteiger partial charge in [0, 0.05) is 44.4 Å². The van der Waals surface area contributed by atoms with Crippen molar-refractivity contribution in [2.24, 2.45) is 22.7 Å². The minimum Gasteiger partial charge on any atom is -0.357 e. The molecule has 158 valence electrons. The number of carbonyl (C=O) groups excluding carboxylic acids is 1. The number of halogens is 2. The van der Waals surface area contributed by atoms with E-state index in [1.165, 1.54) is 7.11 Å². The summed E-state index contributed by atoms with van der Waals surface area (Å²) in [7, 11) is 1.44. The number of hydrogen-bond acceptors (Lipinski definition) is 7. The van der Waals surface area contributed by atoms with E-state index in [9.17, 15) is 13.6 Å². The number of piperidine rings is 1.